The second kappa shape index (κ2) is 11.0. The van der Waals surface area contributed by atoms with E-state index in [0.717, 1.165) is 5.56 Å². The van der Waals surface area contributed by atoms with Crippen LogP contribution in [-0.4, -0.2) is 51.2 Å². The number of ether oxygens (including phenoxy) is 3. The Kier molecular flexibility index (Phi) is 8.97. The fourth-order valence-corrected chi connectivity index (χ4v) is 2.10. The molecular weight excluding hydrogens is 340 g/mol. The van der Waals surface area contributed by atoms with Crippen LogP contribution >= 0.6 is 0 Å². The molecule has 0 spiro atoms. The van der Waals surface area contributed by atoms with Crippen molar-refractivity contribution >= 4 is 17.8 Å². The van der Waals surface area contributed by atoms with Crippen molar-refractivity contribution in [3.63, 3.8) is 0 Å². The highest BCUT2D eigenvalue weighted by atomic mass is 16.5. The third-order valence-electron chi connectivity index (χ3n) is 3.33. The number of benzene rings is 1. The largest absolute Gasteiger partial charge is 0.493 e. The van der Waals surface area contributed by atoms with E-state index in [-0.39, 0.29) is 24.9 Å². The van der Waals surface area contributed by atoms with Crippen molar-refractivity contribution in [3.8, 4) is 11.5 Å². The molecule has 26 heavy (non-hydrogen) atoms. The number of esters is 1. The maximum Gasteiger partial charge on any atom is 0.306 e. The minimum Gasteiger partial charge on any atom is -0.493 e. The molecule has 0 saturated carbocycles. The maximum atomic E-state index is 11.7. The van der Waals surface area contributed by atoms with Gasteiger partial charge in [0, 0.05) is 12.5 Å². The zero-order chi connectivity index (χ0) is 19.5. The molecule has 1 rings (SSSR count). The van der Waals surface area contributed by atoms with Gasteiger partial charge in [0.1, 0.15) is 0 Å². The van der Waals surface area contributed by atoms with E-state index in [2.05, 4.69) is 10.6 Å². The van der Waals surface area contributed by atoms with Gasteiger partial charge in [-0.15, -0.1) is 0 Å². The first kappa shape index (κ1) is 21.3. The fourth-order valence-electron chi connectivity index (χ4n) is 2.10. The number of amides is 2. The molecule has 8 heteroatoms. The van der Waals surface area contributed by atoms with Gasteiger partial charge in [-0.1, -0.05) is 6.07 Å². The normalized spacial score (nSPS) is 10.2. The molecule has 0 unspecified atom stereocenters. The molecular formula is C18H26N2O6. The molecule has 2 amide bonds. The molecule has 0 radical (unpaired) electrons. The summed E-state index contributed by atoms with van der Waals surface area (Å²) in [7, 11) is 3.09. The summed E-state index contributed by atoms with van der Waals surface area (Å²) in [5.41, 5.74) is 0.884. The molecule has 0 heterocycles. The van der Waals surface area contributed by atoms with E-state index in [1.54, 1.807) is 19.2 Å². The number of aryl methyl sites for hydroxylation is 1. The van der Waals surface area contributed by atoms with Crippen LogP contribution in [0.1, 0.15) is 25.8 Å². The summed E-state index contributed by atoms with van der Waals surface area (Å²) in [6.45, 7) is 3.07. The van der Waals surface area contributed by atoms with Crippen LogP contribution in [0.25, 0.3) is 0 Å². The molecule has 0 saturated heterocycles. The quantitative estimate of drug-likeness (QED) is 0.594. The van der Waals surface area contributed by atoms with E-state index in [1.807, 2.05) is 19.9 Å². The molecule has 0 aliphatic rings. The van der Waals surface area contributed by atoms with Crippen molar-refractivity contribution in [2.24, 2.45) is 0 Å². The summed E-state index contributed by atoms with van der Waals surface area (Å²) in [5, 5.41) is 5.02. The predicted octanol–water partition coefficient (Wildman–Crippen LogP) is 0.820. The second-order valence-corrected chi connectivity index (χ2v) is 5.85. The van der Waals surface area contributed by atoms with Crippen molar-refractivity contribution in [3.05, 3.63) is 23.8 Å². The van der Waals surface area contributed by atoms with Gasteiger partial charge in [0.05, 0.1) is 20.8 Å². The van der Waals surface area contributed by atoms with Gasteiger partial charge in [-0.25, -0.2) is 0 Å². The topological polar surface area (TPSA) is 103 Å². The van der Waals surface area contributed by atoms with Gasteiger partial charge < -0.3 is 24.8 Å². The molecule has 0 aromatic heterocycles. The first-order chi connectivity index (χ1) is 12.3. The summed E-state index contributed by atoms with van der Waals surface area (Å²) in [4.78, 5) is 34.7. The molecule has 1 aromatic rings. The van der Waals surface area contributed by atoms with Crippen LogP contribution in [0.3, 0.4) is 0 Å². The van der Waals surface area contributed by atoms with Crippen LogP contribution in [-0.2, 0) is 25.5 Å². The first-order valence-electron chi connectivity index (χ1n) is 8.28. The van der Waals surface area contributed by atoms with Gasteiger partial charge in [0.2, 0.25) is 5.91 Å². The van der Waals surface area contributed by atoms with E-state index in [1.165, 1.54) is 7.11 Å². The van der Waals surface area contributed by atoms with E-state index in [9.17, 15) is 14.4 Å². The molecule has 0 fully saturated rings. The Morgan fingerprint density at radius 1 is 1.04 bits per heavy atom. The SMILES string of the molecule is COc1ccc(CCC(=O)OCC(=O)NCC(=O)NC(C)C)cc1OC. The van der Waals surface area contributed by atoms with Gasteiger partial charge in [0.25, 0.3) is 5.91 Å². The lowest BCUT2D eigenvalue weighted by Gasteiger charge is -2.10. The minimum absolute atomic E-state index is 0.00573. The molecule has 144 valence electrons. The van der Waals surface area contributed by atoms with E-state index >= 15 is 0 Å². The third-order valence-corrected chi connectivity index (χ3v) is 3.33. The molecule has 1 aromatic carbocycles. The molecule has 2 N–H and O–H groups in total. The number of hydrogen-bond acceptors (Lipinski definition) is 6. The van der Waals surface area contributed by atoms with Crippen molar-refractivity contribution in [1.29, 1.82) is 0 Å². The highest BCUT2D eigenvalue weighted by molar-refractivity contribution is 5.86. The average Bonchev–Trinajstić information content (AvgIpc) is 2.62. The monoisotopic (exact) mass is 366 g/mol. The zero-order valence-corrected chi connectivity index (χ0v) is 15.6. The van der Waals surface area contributed by atoms with Crippen LogP contribution in [0.5, 0.6) is 11.5 Å². The molecule has 8 nitrogen and oxygen atoms in total. The van der Waals surface area contributed by atoms with Gasteiger partial charge in [0.15, 0.2) is 18.1 Å². The van der Waals surface area contributed by atoms with Crippen molar-refractivity contribution < 1.29 is 28.6 Å². The lowest BCUT2D eigenvalue weighted by atomic mass is 10.1. The smallest absolute Gasteiger partial charge is 0.306 e. The number of methoxy groups -OCH3 is 2. The zero-order valence-electron chi connectivity index (χ0n) is 15.6. The Morgan fingerprint density at radius 3 is 2.35 bits per heavy atom. The summed E-state index contributed by atoms with van der Waals surface area (Å²) >= 11 is 0. The van der Waals surface area contributed by atoms with Crippen LogP contribution in [0.2, 0.25) is 0 Å². The molecule has 0 bridgehead atoms. The fraction of sp³-hybridized carbons (Fsp3) is 0.500. The summed E-state index contributed by atoms with van der Waals surface area (Å²) < 4.78 is 15.3. The number of carbonyl (C=O) groups excluding carboxylic acids is 3. The van der Waals surface area contributed by atoms with Crippen molar-refractivity contribution in [2.75, 3.05) is 27.4 Å². The Labute approximate surface area is 153 Å². The van der Waals surface area contributed by atoms with Gasteiger partial charge in [-0.3, -0.25) is 14.4 Å². The standard InChI is InChI=1S/C18H26N2O6/c1-12(2)20-16(21)10-19-17(22)11-26-18(23)8-6-13-5-7-14(24-3)15(9-13)25-4/h5,7,9,12H,6,8,10-11H2,1-4H3,(H,19,22)(H,20,21). The van der Waals surface area contributed by atoms with Gasteiger partial charge in [-0.05, 0) is 38.0 Å². The van der Waals surface area contributed by atoms with Crippen LogP contribution < -0.4 is 20.1 Å². The lowest BCUT2D eigenvalue weighted by Crippen LogP contribution is -2.41. The Morgan fingerprint density at radius 2 is 1.73 bits per heavy atom. The number of hydrogen-bond donors (Lipinski definition) is 2. The number of carbonyl (C=O) groups is 3. The maximum absolute atomic E-state index is 11.7. The van der Waals surface area contributed by atoms with Crippen LogP contribution in [0.15, 0.2) is 18.2 Å². The highest BCUT2D eigenvalue weighted by Crippen LogP contribution is 2.27. The number of rotatable bonds is 10. The second-order valence-electron chi connectivity index (χ2n) is 5.85. The predicted molar refractivity (Wildman–Crippen MR) is 95.1 cm³/mol. The van der Waals surface area contributed by atoms with Crippen molar-refractivity contribution in [1.82, 2.24) is 10.6 Å². The van der Waals surface area contributed by atoms with Gasteiger partial charge in [-0.2, -0.15) is 0 Å². The summed E-state index contributed by atoms with van der Waals surface area (Å²) in [6, 6.07) is 5.37. The molecule has 0 aliphatic heterocycles. The minimum atomic E-state index is -0.525. The summed E-state index contributed by atoms with van der Waals surface area (Å²) in [6.07, 6.45) is 0.564. The third kappa shape index (κ3) is 7.87. The Balaban J connectivity index is 2.32. The van der Waals surface area contributed by atoms with Crippen molar-refractivity contribution in [2.45, 2.75) is 32.7 Å². The van der Waals surface area contributed by atoms with E-state index in [4.69, 9.17) is 14.2 Å². The van der Waals surface area contributed by atoms with Crippen LogP contribution in [0, 0.1) is 0 Å². The Hall–Kier alpha value is -2.77. The van der Waals surface area contributed by atoms with E-state index in [0.29, 0.717) is 17.9 Å². The summed E-state index contributed by atoms with van der Waals surface area (Å²) in [5.74, 6) is -0.132. The Bertz CT molecular complexity index is 630. The van der Waals surface area contributed by atoms with Gasteiger partial charge >= 0.3 is 5.97 Å². The first-order valence-corrected chi connectivity index (χ1v) is 8.28. The lowest BCUT2D eigenvalue weighted by molar-refractivity contribution is -0.148. The number of nitrogens with one attached hydrogen (secondary N) is 2. The van der Waals surface area contributed by atoms with E-state index < -0.39 is 18.5 Å². The average molecular weight is 366 g/mol. The molecule has 0 atom stereocenters. The molecule has 0 aliphatic carbocycles. The highest BCUT2D eigenvalue weighted by Gasteiger charge is 2.11. The van der Waals surface area contributed by atoms with Crippen LogP contribution in [0.4, 0.5) is 0 Å².